The van der Waals surface area contributed by atoms with Crippen molar-refractivity contribution >= 4 is 0 Å². The molecule has 0 bridgehead atoms. The zero-order valence-electron chi connectivity index (χ0n) is 8.22. The highest BCUT2D eigenvalue weighted by atomic mass is 15.5. The Kier molecular flexibility index (Phi) is 7.51. The Morgan fingerprint density at radius 1 is 0.923 bits per heavy atom. The number of hydrogen-bond donors (Lipinski definition) is 0. The van der Waals surface area contributed by atoms with E-state index >= 15 is 0 Å². The van der Waals surface area contributed by atoms with Crippen LogP contribution in [0.5, 0.6) is 0 Å². The first-order valence-corrected chi connectivity index (χ1v) is 4.45. The van der Waals surface area contributed by atoms with Crippen LogP contribution in [0.1, 0.15) is 13.8 Å². The summed E-state index contributed by atoms with van der Waals surface area (Å²) in [6, 6.07) is 12.0. The number of hydrogen-bond acceptors (Lipinski definition) is 2. The highest BCUT2D eigenvalue weighted by Crippen LogP contribution is 1.83. The maximum atomic E-state index is 8.08. The molecule has 1 aromatic rings. The monoisotopic (exact) mass is 178 g/mol. The molecule has 3 heteroatoms. The Bertz CT molecular complexity index is 197. The molecule has 70 valence electrons. The number of rotatable bonds is 2. The van der Waals surface area contributed by atoms with E-state index in [0.717, 1.165) is 13.1 Å². The smallest absolute Gasteiger partial charge is 0.0623 e. The average molecular weight is 178 g/mol. The molecule has 0 fully saturated rings. The molecule has 0 aromatic heterocycles. The maximum Gasteiger partial charge on any atom is 0.305 e. The molecule has 0 N–H and O–H groups in total. The van der Waals surface area contributed by atoms with Crippen LogP contribution in [0.3, 0.4) is 0 Å². The van der Waals surface area contributed by atoms with Crippen molar-refractivity contribution in [1.29, 1.82) is 5.39 Å². The molecular formula is C10H16N3+. The highest BCUT2D eigenvalue weighted by molar-refractivity contribution is 4.99. The summed E-state index contributed by atoms with van der Waals surface area (Å²) in [5.41, 5.74) is 0. The van der Waals surface area contributed by atoms with Gasteiger partial charge in [0.15, 0.2) is 0 Å². The molecule has 0 amide bonds. The van der Waals surface area contributed by atoms with Gasteiger partial charge in [0, 0.05) is 0 Å². The van der Waals surface area contributed by atoms with Crippen LogP contribution in [0.4, 0.5) is 0 Å². The molecule has 0 aliphatic heterocycles. The van der Waals surface area contributed by atoms with Gasteiger partial charge in [0.1, 0.15) is 0 Å². The fourth-order valence-electron chi connectivity index (χ4n) is 0.735. The minimum absolute atomic E-state index is 0.771. The predicted octanol–water partition coefficient (Wildman–Crippen LogP) is 2.78. The molecule has 0 saturated carbocycles. The minimum Gasteiger partial charge on any atom is -0.0623 e. The first-order chi connectivity index (χ1) is 6.35. The van der Waals surface area contributed by atoms with Crippen LogP contribution in [-0.2, 0) is 0 Å². The van der Waals surface area contributed by atoms with Gasteiger partial charge in [-0.1, -0.05) is 36.4 Å². The Morgan fingerprint density at radius 3 is 1.31 bits per heavy atom. The average Bonchev–Trinajstić information content (AvgIpc) is 2.24. The fraction of sp³-hybridized carbons (Fsp3) is 0.400. The Labute approximate surface area is 79.6 Å². The van der Waals surface area contributed by atoms with Crippen molar-refractivity contribution < 1.29 is 0 Å². The van der Waals surface area contributed by atoms with Gasteiger partial charge in [-0.15, -0.1) is 0 Å². The van der Waals surface area contributed by atoms with Crippen molar-refractivity contribution in [2.45, 2.75) is 13.8 Å². The third-order valence-electron chi connectivity index (χ3n) is 1.52. The van der Waals surface area contributed by atoms with Gasteiger partial charge in [-0.2, -0.15) is 0 Å². The lowest BCUT2D eigenvalue weighted by Crippen LogP contribution is -2.12. The molecule has 3 nitrogen and oxygen atoms in total. The van der Waals surface area contributed by atoms with Gasteiger partial charge in [-0.25, -0.2) is 0 Å². The first kappa shape index (κ1) is 11.4. The lowest BCUT2D eigenvalue weighted by atomic mass is 10.4. The maximum absolute atomic E-state index is 8.08. The fourth-order valence-corrected chi connectivity index (χ4v) is 0.735. The van der Waals surface area contributed by atoms with Crippen LogP contribution in [0.2, 0.25) is 0 Å². The normalized spacial score (nSPS) is 7.77. The van der Waals surface area contributed by atoms with E-state index in [4.69, 9.17) is 5.39 Å². The van der Waals surface area contributed by atoms with Crippen molar-refractivity contribution in [3.63, 3.8) is 0 Å². The zero-order valence-corrected chi connectivity index (χ0v) is 8.22. The molecule has 0 atom stereocenters. The van der Waals surface area contributed by atoms with Crippen LogP contribution in [-0.4, -0.2) is 18.1 Å². The molecule has 1 rings (SSSR count). The second-order valence-electron chi connectivity index (χ2n) is 2.38. The third-order valence-corrected chi connectivity index (χ3v) is 1.52. The van der Waals surface area contributed by atoms with Crippen molar-refractivity contribution in [2.75, 3.05) is 13.1 Å². The Hall–Kier alpha value is -1.56. The number of nitrogens with zero attached hydrogens (tertiary/aromatic N) is 3. The molecule has 0 aliphatic carbocycles. The number of benzene rings is 1. The predicted molar refractivity (Wildman–Crippen MR) is 54.4 cm³/mol. The molecule has 1 aromatic carbocycles. The SMILES string of the molecule is CCN(CC)[N+]#N.c1ccccc1. The zero-order chi connectivity index (χ0) is 9.94. The van der Waals surface area contributed by atoms with E-state index in [1.807, 2.05) is 50.2 Å². The second kappa shape index (κ2) is 8.54. The molecule has 0 radical (unpaired) electrons. The van der Waals surface area contributed by atoms with E-state index in [-0.39, 0.29) is 0 Å². The van der Waals surface area contributed by atoms with Gasteiger partial charge in [-0.05, 0) is 18.9 Å². The van der Waals surface area contributed by atoms with Gasteiger partial charge in [-0.3, -0.25) is 0 Å². The molecular weight excluding hydrogens is 162 g/mol. The standard InChI is InChI=1S/C6H6.C4H10N3/c1-2-4-6-5-3-1;1-3-7(4-2)6-5/h1-6H;3-4H2,1-2H3/q;+1. The second-order valence-corrected chi connectivity index (χ2v) is 2.38. The molecule has 0 heterocycles. The molecule has 0 unspecified atom stereocenters. The van der Waals surface area contributed by atoms with Crippen LogP contribution < -0.4 is 0 Å². The lowest BCUT2D eigenvalue weighted by molar-refractivity contribution is 0.403. The highest BCUT2D eigenvalue weighted by Gasteiger charge is 2.02. The van der Waals surface area contributed by atoms with Crippen molar-refractivity contribution in [3.8, 4) is 0 Å². The summed E-state index contributed by atoms with van der Waals surface area (Å²) in [4.78, 5) is 0. The summed E-state index contributed by atoms with van der Waals surface area (Å²) < 4.78 is 0. The molecule has 0 spiro atoms. The van der Waals surface area contributed by atoms with Crippen molar-refractivity contribution in [3.05, 3.63) is 41.5 Å². The Balaban J connectivity index is 0.000000223. The van der Waals surface area contributed by atoms with E-state index < -0.39 is 0 Å². The van der Waals surface area contributed by atoms with Crippen LogP contribution in [0, 0.1) is 5.39 Å². The summed E-state index contributed by atoms with van der Waals surface area (Å²) in [5.74, 6) is 0. The largest absolute Gasteiger partial charge is 0.305 e. The Morgan fingerprint density at radius 2 is 1.23 bits per heavy atom. The molecule has 0 aliphatic rings. The lowest BCUT2D eigenvalue weighted by Gasteiger charge is -1.90. The summed E-state index contributed by atoms with van der Waals surface area (Å²) in [6.07, 6.45) is 0. The van der Waals surface area contributed by atoms with E-state index in [2.05, 4.69) is 5.08 Å². The number of diazo groups is 1. The minimum atomic E-state index is 0.771. The summed E-state index contributed by atoms with van der Waals surface area (Å²) in [5, 5.41) is 12.6. The quantitative estimate of drug-likeness (QED) is 0.515. The van der Waals surface area contributed by atoms with Gasteiger partial charge in [0.05, 0.1) is 13.1 Å². The van der Waals surface area contributed by atoms with Crippen molar-refractivity contribution in [1.82, 2.24) is 5.01 Å². The first-order valence-electron chi connectivity index (χ1n) is 4.45. The van der Waals surface area contributed by atoms with Gasteiger partial charge in [0.25, 0.3) is 5.39 Å². The molecule has 13 heavy (non-hydrogen) atoms. The van der Waals surface area contributed by atoms with Gasteiger partial charge >= 0.3 is 5.08 Å². The van der Waals surface area contributed by atoms with Gasteiger partial charge < -0.3 is 0 Å². The molecule has 0 saturated heterocycles. The van der Waals surface area contributed by atoms with Crippen LogP contribution >= 0.6 is 0 Å². The van der Waals surface area contributed by atoms with Crippen LogP contribution in [0.25, 0.3) is 5.08 Å². The summed E-state index contributed by atoms with van der Waals surface area (Å²) in [6.45, 7) is 5.41. The van der Waals surface area contributed by atoms with E-state index in [1.165, 1.54) is 0 Å². The van der Waals surface area contributed by atoms with E-state index in [0.29, 0.717) is 0 Å². The summed E-state index contributed by atoms with van der Waals surface area (Å²) in [7, 11) is 0. The van der Waals surface area contributed by atoms with Crippen molar-refractivity contribution in [2.24, 2.45) is 0 Å². The van der Waals surface area contributed by atoms with E-state index in [9.17, 15) is 0 Å². The topological polar surface area (TPSA) is 31.4 Å². The van der Waals surface area contributed by atoms with Gasteiger partial charge in [0.2, 0.25) is 0 Å². The summed E-state index contributed by atoms with van der Waals surface area (Å²) >= 11 is 0. The van der Waals surface area contributed by atoms with Crippen LogP contribution in [0.15, 0.2) is 36.4 Å². The third kappa shape index (κ3) is 6.82. The van der Waals surface area contributed by atoms with E-state index in [1.54, 1.807) is 5.01 Å².